The number of carbonyl (C=O) groups is 1. The molecule has 4 nitrogen and oxygen atoms in total. The van der Waals surface area contributed by atoms with Crippen molar-refractivity contribution < 1.29 is 13.2 Å². The number of sulfone groups is 1. The van der Waals surface area contributed by atoms with Crippen molar-refractivity contribution in [3.63, 3.8) is 0 Å². The Morgan fingerprint density at radius 2 is 1.57 bits per heavy atom. The minimum absolute atomic E-state index is 0.181. The van der Waals surface area contributed by atoms with Crippen LogP contribution in [0.25, 0.3) is 0 Å². The van der Waals surface area contributed by atoms with E-state index in [-0.39, 0.29) is 37.8 Å². The van der Waals surface area contributed by atoms with Crippen LogP contribution in [0, 0.1) is 0 Å². The molecule has 0 heterocycles. The van der Waals surface area contributed by atoms with E-state index in [0.717, 1.165) is 0 Å². The fourth-order valence-corrected chi connectivity index (χ4v) is 3.66. The predicted molar refractivity (Wildman–Crippen MR) is 93.2 cm³/mol. The Kier molecular flexibility index (Phi) is 5.92. The van der Waals surface area contributed by atoms with Crippen LogP contribution < -0.4 is 5.32 Å². The molecule has 8 heteroatoms. The Hall–Kier alpha value is -1.27. The minimum atomic E-state index is -3.51. The Labute approximate surface area is 149 Å². The van der Waals surface area contributed by atoms with Crippen LogP contribution in [-0.4, -0.2) is 20.1 Å². The molecule has 0 radical (unpaired) electrons. The molecule has 2 aromatic carbocycles. The number of amides is 1. The smallest absolute Gasteiger partial charge is 0.225 e. The van der Waals surface area contributed by atoms with Crippen molar-refractivity contribution in [3.05, 3.63) is 57.5 Å². The molecule has 0 bridgehead atoms. The second-order valence-electron chi connectivity index (χ2n) is 4.68. The summed E-state index contributed by atoms with van der Waals surface area (Å²) in [4.78, 5) is 12.1. The molecule has 0 aliphatic rings. The molecule has 0 unspecified atom stereocenters. The van der Waals surface area contributed by atoms with Gasteiger partial charge in [0.1, 0.15) is 0 Å². The number of benzene rings is 2. The van der Waals surface area contributed by atoms with Gasteiger partial charge >= 0.3 is 0 Å². The van der Waals surface area contributed by atoms with E-state index in [2.05, 4.69) is 5.32 Å². The molecule has 0 saturated carbocycles. The van der Waals surface area contributed by atoms with Crippen LogP contribution in [-0.2, 0) is 14.6 Å². The molecule has 0 saturated heterocycles. The number of hydrogen-bond donors (Lipinski definition) is 1. The summed E-state index contributed by atoms with van der Waals surface area (Å²) in [6.07, 6.45) is -0.201. The van der Waals surface area contributed by atoms with Crippen molar-refractivity contribution in [2.75, 3.05) is 11.1 Å². The molecule has 0 aliphatic carbocycles. The van der Waals surface area contributed by atoms with Gasteiger partial charge in [0.05, 0.1) is 31.4 Å². The molecular formula is C15H12Cl3NO3S. The third-order valence-electron chi connectivity index (χ3n) is 2.98. The average molecular weight is 393 g/mol. The van der Waals surface area contributed by atoms with Gasteiger partial charge in [-0.1, -0.05) is 53.0 Å². The zero-order valence-corrected chi connectivity index (χ0v) is 14.8. The highest BCUT2D eigenvalue weighted by molar-refractivity contribution is 7.91. The molecule has 2 rings (SSSR count). The number of halogens is 3. The Morgan fingerprint density at radius 1 is 0.957 bits per heavy atom. The summed E-state index contributed by atoms with van der Waals surface area (Å²) in [5, 5.41) is 3.25. The van der Waals surface area contributed by atoms with Gasteiger partial charge in [-0.05, 0) is 24.3 Å². The molecule has 1 amide bonds. The fraction of sp³-hybridized carbons (Fsp3) is 0.133. The lowest BCUT2D eigenvalue weighted by Crippen LogP contribution is -2.17. The molecule has 0 spiro atoms. The lowest BCUT2D eigenvalue weighted by molar-refractivity contribution is -0.115. The lowest BCUT2D eigenvalue weighted by atomic mass is 10.3. The maximum absolute atomic E-state index is 12.1. The van der Waals surface area contributed by atoms with Gasteiger partial charge in [-0.3, -0.25) is 4.79 Å². The van der Waals surface area contributed by atoms with Crippen molar-refractivity contribution in [2.45, 2.75) is 11.3 Å². The van der Waals surface area contributed by atoms with E-state index in [1.165, 1.54) is 24.3 Å². The van der Waals surface area contributed by atoms with Crippen molar-refractivity contribution in [2.24, 2.45) is 0 Å². The van der Waals surface area contributed by atoms with Gasteiger partial charge in [-0.2, -0.15) is 0 Å². The zero-order valence-electron chi connectivity index (χ0n) is 11.7. The number of carbonyl (C=O) groups excluding carboxylic acids is 1. The quantitative estimate of drug-likeness (QED) is 0.765. The molecule has 1 N–H and O–H groups in total. The first kappa shape index (κ1) is 18.1. The van der Waals surface area contributed by atoms with Crippen LogP contribution in [0.1, 0.15) is 6.42 Å². The highest BCUT2D eigenvalue weighted by atomic mass is 35.5. The van der Waals surface area contributed by atoms with Crippen molar-refractivity contribution >= 4 is 56.2 Å². The molecule has 0 aromatic heterocycles. The van der Waals surface area contributed by atoms with Gasteiger partial charge in [0.15, 0.2) is 9.84 Å². The predicted octanol–water partition coefficient (Wildman–Crippen LogP) is 4.45. The summed E-state index contributed by atoms with van der Waals surface area (Å²) >= 11 is 17.6. The summed E-state index contributed by atoms with van der Waals surface area (Å²) < 4.78 is 24.2. The van der Waals surface area contributed by atoms with E-state index < -0.39 is 15.7 Å². The standard InChI is InChI=1S/C15H12Cl3NO3S/c16-11-8-13(18)14(9-12(11)17)19-15(20)6-7-23(21,22)10-4-2-1-3-5-10/h1-5,8-9H,6-7H2,(H,19,20). The number of anilines is 1. The molecule has 23 heavy (non-hydrogen) atoms. The summed E-state index contributed by atoms with van der Waals surface area (Å²) in [5.41, 5.74) is 0.281. The molecule has 0 aliphatic heterocycles. The fourth-order valence-electron chi connectivity index (χ4n) is 1.80. The Bertz CT molecular complexity index is 823. The summed E-state index contributed by atoms with van der Waals surface area (Å²) in [6.45, 7) is 0. The van der Waals surface area contributed by atoms with Crippen LogP contribution >= 0.6 is 34.8 Å². The van der Waals surface area contributed by atoms with Crippen molar-refractivity contribution in [1.29, 1.82) is 0 Å². The maximum atomic E-state index is 12.1. The van der Waals surface area contributed by atoms with E-state index >= 15 is 0 Å². The average Bonchev–Trinajstić information content (AvgIpc) is 2.52. The van der Waals surface area contributed by atoms with Gasteiger partial charge < -0.3 is 5.32 Å². The van der Waals surface area contributed by atoms with Crippen LogP contribution in [0.5, 0.6) is 0 Å². The number of hydrogen-bond acceptors (Lipinski definition) is 3. The zero-order chi connectivity index (χ0) is 17.0. The van der Waals surface area contributed by atoms with E-state index in [1.54, 1.807) is 18.2 Å². The molecular weight excluding hydrogens is 381 g/mol. The van der Waals surface area contributed by atoms with Crippen LogP contribution in [0.2, 0.25) is 15.1 Å². The summed E-state index contributed by atoms with van der Waals surface area (Å²) in [7, 11) is -3.51. The monoisotopic (exact) mass is 391 g/mol. The SMILES string of the molecule is O=C(CCS(=O)(=O)c1ccccc1)Nc1cc(Cl)c(Cl)cc1Cl. The molecule has 122 valence electrons. The number of nitrogens with one attached hydrogen (secondary N) is 1. The summed E-state index contributed by atoms with van der Waals surface area (Å²) in [5.74, 6) is -0.785. The van der Waals surface area contributed by atoms with Crippen molar-refractivity contribution in [1.82, 2.24) is 0 Å². The minimum Gasteiger partial charge on any atom is -0.325 e. The first-order valence-corrected chi connectivity index (χ1v) is 9.30. The first-order chi connectivity index (χ1) is 10.8. The third kappa shape index (κ3) is 4.85. The van der Waals surface area contributed by atoms with Gasteiger partial charge in [0.25, 0.3) is 0 Å². The third-order valence-corrected chi connectivity index (χ3v) is 5.75. The Balaban J connectivity index is 2.02. The van der Waals surface area contributed by atoms with E-state index in [0.29, 0.717) is 0 Å². The van der Waals surface area contributed by atoms with E-state index in [9.17, 15) is 13.2 Å². The topological polar surface area (TPSA) is 63.2 Å². The molecule has 0 fully saturated rings. The second-order valence-corrected chi connectivity index (χ2v) is 8.01. The summed E-state index contributed by atoms with van der Waals surface area (Å²) in [6, 6.07) is 10.8. The van der Waals surface area contributed by atoms with Gasteiger partial charge in [-0.25, -0.2) is 8.42 Å². The van der Waals surface area contributed by atoms with Gasteiger partial charge in [0.2, 0.25) is 5.91 Å². The molecule has 0 atom stereocenters. The largest absolute Gasteiger partial charge is 0.325 e. The highest BCUT2D eigenvalue weighted by Gasteiger charge is 2.17. The lowest BCUT2D eigenvalue weighted by Gasteiger charge is -2.09. The Morgan fingerprint density at radius 3 is 2.22 bits per heavy atom. The van der Waals surface area contributed by atoms with Crippen molar-refractivity contribution in [3.8, 4) is 0 Å². The van der Waals surface area contributed by atoms with Crippen LogP contribution in [0.15, 0.2) is 47.4 Å². The van der Waals surface area contributed by atoms with E-state index in [4.69, 9.17) is 34.8 Å². The number of rotatable bonds is 5. The first-order valence-electron chi connectivity index (χ1n) is 6.52. The second kappa shape index (κ2) is 7.53. The van der Waals surface area contributed by atoms with Gasteiger partial charge in [-0.15, -0.1) is 0 Å². The van der Waals surface area contributed by atoms with E-state index in [1.807, 2.05) is 0 Å². The molecule has 2 aromatic rings. The maximum Gasteiger partial charge on any atom is 0.225 e. The van der Waals surface area contributed by atoms with Crippen LogP contribution in [0.4, 0.5) is 5.69 Å². The normalized spacial score (nSPS) is 11.3. The highest BCUT2D eigenvalue weighted by Crippen LogP contribution is 2.32. The van der Waals surface area contributed by atoms with Gasteiger partial charge in [0, 0.05) is 6.42 Å². The van der Waals surface area contributed by atoms with Crippen LogP contribution in [0.3, 0.4) is 0 Å².